The van der Waals surface area contributed by atoms with Gasteiger partial charge in [-0.25, -0.2) is 13.6 Å². The normalized spacial score (nSPS) is 12.1. The van der Waals surface area contributed by atoms with Gasteiger partial charge < -0.3 is 10.1 Å². The number of benzene rings is 1. The Morgan fingerprint density at radius 2 is 2.11 bits per heavy atom. The molecule has 1 aromatic rings. The van der Waals surface area contributed by atoms with Crippen LogP contribution in [0.3, 0.4) is 0 Å². The second-order valence-corrected chi connectivity index (χ2v) is 3.69. The third-order valence-electron chi connectivity index (χ3n) is 2.41. The van der Waals surface area contributed by atoms with Gasteiger partial charge in [-0.05, 0) is 19.1 Å². The number of nitro benzene ring substituents is 1. The van der Waals surface area contributed by atoms with E-state index in [0.717, 1.165) is 13.2 Å². The fourth-order valence-corrected chi connectivity index (χ4v) is 1.53. The molecule has 1 unspecified atom stereocenters. The average molecular weight is 274 g/mol. The molecule has 0 saturated heterocycles. The van der Waals surface area contributed by atoms with E-state index < -0.39 is 34.6 Å². The van der Waals surface area contributed by atoms with Crippen LogP contribution in [0.15, 0.2) is 18.2 Å². The Kier molecular flexibility index (Phi) is 4.74. The lowest BCUT2D eigenvalue weighted by Crippen LogP contribution is -2.27. The van der Waals surface area contributed by atoms with Crippen molar-refractivity contribution >= 4 is 17.3 Å². The van der Waals surface area contributed by atoms with Crippen molar-refractivity contribution in [2.75, 3.05) is 12.4 Å². The Morgan fingerprint density at radius 3 is 2.58 bits per heavy atom. The van der Waals surface area contributed by atoms with E-state index in [1.54, 1.807) is 0 Å². The van der Waals surface area contributed by atoms with E-state index >= 15 is 0 Å². The van der Waals surface area contributed by atoms with E-state index in [-0.39, 0.29) is 5.69 Å². The van der Waals surface area contributed by atoms with Crippen LogP contribution in [-0.2, 0) is 9.53 Å². The molecule has 0 aromatic heterocycles. The van der Waals surface area contributed by atoms with Gasteiger partial charge in [0.15, 0.2) is 0 Å². The number of halogens is 2. The Balaban J connectivity index is 3.17. The van der Waals surface area contributed by atoms with Crippen molar-refractivity contribution in [3.63, 3.8) is 0 Å². The minimum Gasteiger partial charge on any atom is -0.467 e. The van der Waals surface area contributed by atoms with Crippen molar-refractivity contribution in [3.05, 3.63) is 33.9 Å². The summed E-state index contributed by atoms with van der Waals surface area (Å²) in [5.74, 6) is -0.656. The van der Waals surface area contributed by atoms with Crippen LogP contribution >= 0.6 is 0 Å². The van der Waals surface area contributed by atoms with Crippen LogP contribution < -0.4 is 5.32 Å². The lowest BCUT2D eigenvalue weighted by molar-refractivity contribution is -0.385. The van der Waals surface area contributed by atoms with Crippen LogP contribution in [-0.4, -0.2) is 24.0 Å². The van der Waals surface area contributed by atoms with Crippen LogP contribution in [0.2, 0.25) is 0 Å². The molecule has 104 valence electrons. The smallest absolute Gasteiger partial charge is 0.327 e. The van der Waals surface area contributed by atoms with Gasteiger partial charge in [-0.1, -0.05) is 6.07 Å². The Morgan fingerprint density at radius 1 is 1.47 bits per heavy atom. The molecule has 0 heterocycles. The van der Waals surface area contributed by atoms with Gasteiger partial charge in [-0.2, -0.15) is 0 Å². The molecule has 0 aliphatic carbocycles. The first-order chi connectivity index (χ1) is 8.88. The number of methoxy groups -OCH3 is 1. The summed E-state index contributed by atoms with van der Waals surface area (Å²) in [6.07, 6.45) is -2.98. The Bertz CT molecular complexity index is 494. The van der Waals surface area contributed by atoms with Gasteiger partial charge in [0, 0.05) is 0 Å². The third kappa shape index (κ3) is 3.36. The van der Waals surface area contributed by atoms with Crippen LogP contribution in [0.25, 0.3) is 0 Å². The van der Waals surface area contributed by atoms with Gasteiger partial charge in [0.2, 0.25) is 0 Å². The SMILES string of the molecule is COC(=O)C(C)Nc1cccc(C(F)F)c1[N+](=O)[O-]. The molecule has 0 fully saturated rings. The highest BCUT2D eigenvalue weighted by molar-refractivity contribution is 5.80. The number of ether oxygens (including phenoxy) is 1. The van der Waals surface area contributed by atoms with E-state index in [2.05, 4.69) is 10.1 Å². The molecule has 0 spiro atoms. The summed E-state index contributed by atoms with van der Waals surface area (Å²) in [5.41, 5.74) is -1.60. The van der Waals surface area contributed by atoms with Gasteiger partial charge in [-0.15, -0.1) is 0 Å². The minimum atomic E-state index is -2.98. The topological polar surface area (TPSA) is 81.5 Å². The lowest BCUT2D eigenvalue weighted by Gasteiger charge is -2.14. The first-order valence-electron chi connectivity index (χ1n) is 5.28. The van der Waals surface area contributed by atoms with Crippen molar-refractivity contribution in [2.24, 2.45) is 0 Å². The van der Waals surface area contributed by atoms with Gasteiger partial charge in [0.1, 0.15) is 11.7 Å². The molecule has 0 amide bonds. The predicted octanol–water partition coefficient (Wildman–Crippen LogP) is 2.51. The van der Waals surface area contributed by atoms with E-state index in [1.165, 1.54) is 19.1 Å². The van der Waals surface area contributed by atoms with Crippen molar-refractivity contribution < 1.29 is 23.2 Å². The highest BCUT2D eigenvalue weighted by Crippen LogP contribution is 2.35. The second-order valence-electron chi connectivity index (χ2n) is 3.69. The van der Waals surface area contributed by atoms with E-state index in [9.17, 15) is 23.7 Å². The predicted molar refractivity (Wildman–Crippen MR) is 63.2 cm³/mol. The average Bonchev–Trinajstić information content (AvgIpc) is 2.36. The van der Waals surface area contributed by atoms with E-state index in [4.69, 9.17) is 0 Å². The summed E-state index contributed by atoms with van der Waals surface area (Å²) in [7, 11) is 1.16. The fraction of sp³-hybridized carbons (Fsp3) is 0.364. The van der Waals surface area contributed by atoms with Gasteiger partial charge >= 0.3 is 11.7 Å². The molecular formula is C11H12F2N2O4. The first-order valence-corrected chi connectivity index (χ1v) is 5.28. The molecule has 8 heteroatoms. The van der Waals surface area contributed by atoms with Crippen molar-refractivity contribution in [1.29, 1.82) is 0 Å². The molecule has 1 N–H and O–H groups in total. The van der Waals surface area contributed by atoms with Gasteiger partial charge in [0.05, 0.1) is 17.6 Å². The molecule has 0 bridgehead atoms. The number of carbonyl (C=O) groups excluding carboxylic acids is 1. The maximum Gasteiger partial charge on any atom is 0.327 e. The highest BCUT2D eigenvalue weighted by Gasteiger charge is 2.27. The molecule has 0 saturated carbocycles. The molecule has 1 rings (SSSR count). The number of nitro groups is 1. The zero-order valence-corrected chi connectivity index (χ0v) is 10.2. The van der Waals surface area contributed by atoms with Gasteiger partial charge in [0.25, 0.3) is 6.43 Å². The van der Waals surface area contributed by atoms with Crippen molar-refractivity contribution in [2.45, 2.75) is 19.4 Å². The fourth-order valence-electron chi connectivity index (χ4n) is 1.53. The molecular weight excluding hydrogens is 262 g/mol. The number of rotatable bonds is 5. The highest BCUT2D eigenvalue weighted by atomic mass is 19.3. The standard InChI is InChI=1S/C11H12F2N2O4/c1-6(11(16)19-2)14-8-5-3-4-7(10(12)13)9(8)15(17)18/h3-6,10,14H,1-2H3. The zero-order valence-electron chi connectivity index (χ0n) is 10.2. The molecule has 0 aliphatic heterocycles. The molecule has 1 atom stereocenters. The van der Waals surface area contributed by atoms with Gasteiger partial charge in [-0.3, -0.25) is 10.1 Å². The number of alkyl halides is 2. The quantitative estimate of drug-likeness (QED) is 0.507. The number of carbonyl (C=O) groups is 1. The molecule has 0 radical (unpaired) electrons. The van der Waals surface area contributed by atoms with Crippen LogP contribution in [0, 0.1) is 10.1 Å². The molecule has 6 nitrogen and oxygen atoms in total. The summed E-state index contributed by atoms with van der Waals surface area (Å²) in [6, 6.07) is 2.58. The summed E-state index contributed by atoms with van der Waals surface area (Å²) < 4.78 is 29.9. The third-order valence-corrected chi connectivity index (χ3v) is 2.41. The molecule has 1 aromatic carbocycles. The van der Waals surface area contributed by atoms with E-state index in [1.807, 2.05) is 0 Å². The lowest BCUT2D eigenvalue weighted by atomic mass is 10.1. The maximum absolute atomic E-state index is 12.7. The monoisotopic (exact) mass is 274 g/mol. The minimum absolute atomic E-state index is 0.152. The largest absolute Gasteiger partial charge is 0.467 e. The first kappa shape index (κ1) is 14.8. The van der Waals surface area contributed by atoms with Crippen LogP contribution in [0.4, 0.5) is 20.2 Å². The number of nitrogens with zero attached hydrogens (tertiary/aromatic N) is 1. The Hall–Kier alpha value is -2.25. The number of hydrogen-bond donors (Lipinski definition) is 1. The second kappa shape index (κ2) is 6.07. The zero-order chi connectivity index (χ0) is 14.6. The summed E-state index contributed by atoms with van der Waals surface area (Å²) in [5, 5.41) is 13.4. The molecule has 0 aliphatic rings. The van der Waals surface area contributed by atoms with E-state index in [0.29, 0.717) is 0 Å². The van der Waals surface area contributed by atoms with Crippen molar-refractivity contribution in [3.8, 4) is 0 Å². The summed E-state index contributed by atoms with van der Waals surface area (Å²) in [4.78, 5) is 21.2. The summed E-state index contributed by atoms with van der Waals surface area (Å²) >= 11 is 0. The van der Waals surface area contributed by atoms with Crippen LogP contribution in [0.5, 0.6) is 0 Å². The number of hydrogen-bond acceptors (Lipinski definition) is 5. The Labute approximate surface area is 107 Å². The van der Waals surface area contributed by atoms with Crippen LogP contribution in [0.1, 0.15) is 18.9 Å². The molecule has 19 heavy (non-hydrogen) atoms. The van der Waals surface area contributed by atoms with Crippen molar-refractivity contribution in [1.82, 2.24) is 0 Å². The number of para-hydroxylation sites is 1. The summed E-state index contributed by atoms with van der Waals surface area (Å²) in [6.45, 7) is 1.41. The number of esters is 1. The number of anilines is 1. The number of nitrogens with one attached hydrogen (secondary N) is 1. The maximum atomic E-state index is 12.7.